The molecular weight excluding hydrogens is 198 g/mol. The summed E-state index contributed by atoms with van der Waals surface area (Å²) in [6.07, 6.45) is 6.97. The molecule has 2 nitrogen and oxygen atoms in total. The Labute approximate surface area is 99.4 Å². The lowest BCUT2D eigenvalue weighted by atomic mass is 9.78. The first-order chi connectivity index (χ1) is 7.48. The van der Waals surface area contributed by atoms with E-state index in [4.69, 9.17) is 0 Å². The summed E-state index contributed by atoms with van der Waals surface area (Å²) in [5, 5.41) is 0. The van der Waals surface area contributed by atoms with Crippen LogP contribution in [0.2, 0.25) is 0 Å². The van der Waals surface area contributed by atoms with Gasteiger partial charge in [0.25, 0.3) is 0 Å². The molecular formula is C14H25NO. The number of carbonyl (C=O) groups is 1. The molecule has 16 heavy (non-hydrogen) atoms. The van der Waals surface area contributed by atoms with Crippen molar-refractivity contribution in [2.24, 2.45) is 11.3 Å². The normalized spacial score (nSPS) is 32.2. The minimum Gasteiger partial charge on any atom is -0.339 e. The molecule has 0 saturated carbocycles. The topological polar surface area (TPSA) is 20.3 Å². The van der Waals surface area contributed by atoms with Gasteiger partial charge >= 0.3 is 0 Å². The van der Waals surface area contributed by atoms with Gasteiger partial charge in [0.1, 0.15) is 0 Å². The smallest absolute Gasteiger partial charge is 0.222 e. The van der Waals surface area contributed by atoms with Crippen molar-refractivity contribution in [3.63, 3.8) is 0 Å². The monoisotopic (exact) mass is 223 g/mol. The van der Waals surface area contributed by atoms with Gasteiger partial charge in [-0.1, -0.05) is 27.2 Å². The van der Waals surface area contributed by atoms with Crippen molar-refractivity contribution in [3.8, 4) is 0 Å². The lowest BCUT2D eigenvalue weighted by Gasteiger charge is -2.38. The molecule has 2 atom stereocenters. The molecule has 2 saturated heterocycles. The van der Waals surface area contributed by atoms with Gasteiger partial charge in [-0.2, -0.15) is 0 Å². The molecule has 0 aromatic carbocycles. The number of hydrogen-bond donors (Lipinski definition) is 0. The van der Waals surface area contributed by atoms with Gasteiger partial charge < -0.3 is 4.90 Å². The van der Waals surface area contributed by atoms with Crippen molar-refractivity contribution in [3.05, 3.63) is 0 Å². The second-order valence-electron chi connectivity index (χ2n) is 6.59. The highest BCUT2D eigenvalue weighted by Crippen LogP contribution is 2.36. The zero-order valence-electron chi connectivity index (χ0n) is 11.0. The van der Waals surface area contributed by atoms with Crippen LogP contribution in [0, 0.1) is 11.3 Å². The number of rotatable bonds is 0. The van der Waals surface area contributed by atoms with Gasteiger partial charge in [-0.05, 0) is 37.0 Å². The maximum Gasteiger partial charge on any atom is 0.222 e. The third kappa shape index (κ3) is 2.41. The van der Waals surface area contributed by atoms with Crippen LogP contribution in [0.4, 0.5) is 0 Å². The Morgan fingerprint density at radius 3 is 2.50 bits per heavy atom. The Balaban J connectivity index is 2.11. The van der Waals surface area contributed by atoms with Crippen LogP contribution < -0.4 is 0 Å². The maximum atomic E-state index is 12.0. The van der Waals surface area contributed by atoms with Crippen LogP contribution in [-0.2, 0) is 4.79 Å². The molecule has 0 bridgehead atoms. The highest BCUT2D eigenvalue weighted by Gasteiger charge is 2.35. The SMILES string of the molecule is CC(C)(C)C1CCCC2CCCC(=O)N2C1. The van der Waals surface area contributed by atoms with E-state index in [9.17, 15) is 4.79 Å². The summed E-state index contributed by atoms with van der Waals surface area (Å²) >= 11 is 0. The van der Waals surface area contributed by atoms with Crippen molar-refractivity contribution in [2.45, 2.75) is 65.3 Å². The summed E-state index contributed by atoms with van der Waals surface area (Å²) in [7, 11) is 0. The van der Waals surface area contributed by atoms with Gasteiger partial charge in [0.05, 0.1) is 0 Å². The van der Waals surface area contributed by atoms with E-state index in [1.807, 2.05) is 0 Å². The Kier molecular flexibility index (Phi) is 3.27. The maximum absolute atomic E-state index is 12.0. The van der Waals surface area contributed by atoms with Gasteiger partial charge in [0.2, 0.25) is 5.91 Å². The lowest BCUT2D eigenvalue weighted by Crippen LogP contribution is -2.46. The molecule has 2 heteroatoms. The second-order valence-corrected chi connectivity index (χ2v) is 6.59. The molecule has 2 aliphatic heterocycles. The molecule has 2 fully saturated rings. The summed E-state index contributed by atoms with van der Waals surface area (Å²) in [5.74, 6) is 1.09. The summed E-state index contributed by atoms with van der Waals surface area (Å²) in [6.45, 7) is 7.94. The Hall–Kier alpha value is -0.530. The summed E-state index contributed by atoms with van der Waals surface area (Å²) in [4.78, 5) is 14.2. The molecule has 2 aliphatic rings. The average molecular weight is 223 g/mol. The summed E-state index contributed by atoms with van der Waals surface area (Å²) in [6, 6.07) is 0.564. The first-order valence-electron chi connectivity index (χ1n) is 6.78. The summed E-state index contributed by atoms with van der Waals surface area (Å²) < 4.78 is 0. The molecule has 1 amide bonds. The van der Waals surface area contributed by atoms with E-state index >= 15 is 0 Å². The van der Waals surface area contributed by atoms with E-state index in [0.717, 1.165) is 19.4 Å². The predicted octanol–water partition coefficient (Wildman–Crippen LogP) is 3.21. The molecule has 0 aromatic heterocycles. The van der Waals surface area contributed by atoms with Gasteiger partial charge in [-0.15, -0.1) is 0 Å². The zero-order chi connectivity index (χ0) is 11.8. The van der Waals surface area contributed by atoms with Crippen LogP contribution in [0.15, 0.2) is 0 Å². The Morgan fingerprint density at radius 2 is 1.81 bits per heavy atom. The number of hydrogen-bond acceptors (Lipinski definition) is 1. The highest BCUT2D eigenvalue weighted by atomic mass is 16.2. The van der Waals surface area contributed by atoms with Crippen LogP contribution in [0.25, 0.3) is 0 Å². The highest BCUT2D eigenvalue weighted by molar-refractivity contribution is 5.77. The van der Waals surface area contributed by atoms with Crippen LogP contribution in [0.5, 0.6) is 0 Å². The fraction of sp³-hybridized carbons (Fsp3) is 0.929. The van der Waals surface area contributed by atoms with Crippen LogP contribution in [-0.4, -0.2) is 23.4 Å². The Bertz CT molecular complexity index is 266. The molecule has 92 valence electrons. The van der Waals surface area contributed by atoms with E-state index in [2.05, 4.69) is 25.7 Å². The lowest BCUT2D eigenvalue weighted by molar-refractivity contribution is -0.137. The van der Waals surface area contributed by atoms with E-state index < -0.39 is 0 Å². The van der Waals surface area contributed by atoms with Gasteiger partial charge in [-0.3, -0.25) is 4.79 Å². The Morgan fingerprint density at radius 1 is 1.12 bits per heavy atom. The van der Waals surface area contributed by atoms with E-state index in [-0.39, 0.29) is 0 Å². The first kappa shape index (κ1) is 11.9. The molecule has 0 aromatic rings. The standard InChI is InChI=1S/C14H25NO/c1-14(2,3)11-6-4-7-12-8-5-9-13(16)15(12)10-11/h11-12H,4-10H2,1-3H3. The van der Waals surface area contributed by atoms with Gasteiger partial charge in [-0.25, -0.2) is 0 Å². The molecule has 0 radical (unpaired) electrons. The van der Waals surface area contributed by atoms with Gasteiger partial charge in [0.15, 0.2) is 0 Å². The van der Waals surface area contributed by atoms with Crippen molar-refractivity contribution in [2.75, 3.05) is 6.54 Å². The third-order valence-electron chi connectivity index (χ3n) is 4.42. The first-order valence-corrected chi connectivity index (χ1v) is 6.78. The minimum absolute atomic E-state index is 0.340. The predicted molar refractivity (Wildman–Crippen MR) is 66.1 cm³/mol. The van der Waals surface area contributed by atoms with Crippen LogP contribution >= 0.6 is 0 Å². The van der Waals surface area contributed by atoms with E-state index in [1.165, 1.54) is 25.7 Å². The molecule has 2 heterocycles. The molecule has 2 unspecified atom stereocenters. The second kappa shape index (κ2) is 4.38. The number of amides is 1. The fourth-order valence-corrected chi connectivity index (χ4v) is 3.18. The number of piperidine rings is 1. The van der Waals surface area contributed by atoms with Crippen molar-refractivity contribution >= 4 is 5.91 Å². The van der Waals surface area contributed by atoms with Crippen LogP contribution in [0.3, 0.4) is 0 Å². The average Bonchev–Trinajstić information content (AvgIpc) is 2.39. The van der Waals surface area contributed by atoms with Crippen molar-refractivity contribution in [1.29, 1.82) is 0 Å². The minimum atomic E-state index is 0.340. The summed E-state index contributed by atoms with van der Waals surface area (Å²) in [5.41, 5.74) is 0.340. The fourth-order valence-electron chi connectivity index (χ4n) is 3.18. The van der Waals surface area contributed by atoms with Crippen molar-refractivity contribution < 1.29 is 4.79 Å². The molecule has 0 N–H and O–H groups in total. The van der Waals surface area contributed by atoms with Gasteiger partial charge in [0, 0.05) is 19.0 Å². The quantitative estimate of drug-likeness (QED) is 0.617. The number of fused-ring (bicyclic) bond motifs is 1. The largest absolute Gasteiger partial charge is 0.339 e. The number of nitrogens with zero attached hydrogens (tertiary/aromatic N) is 1. The molecule has 0 spiro atoms. The zero-order valence-corrected chi connectivity index (χ0v) is 11.0. The molecule has 2 rings (SSSR count). The third-order valence-corrected chi connectivity index (χ3v) is 4.42. The van der Waals surface area contributed by atoms with E-state index in [1.54, 1.807) is 0 Å². The van der Waals surface area contributed by atoms with E-state index in [0.29, 0.717) is 23.3 Å². The number of carbonyl (C=O) groups excluding carboxylic acids is 1. The molecule has 0 aliphatic carbocycles. The van der Waals surface area contributed by atoms with Crippen molar-refractivity contribution in [1.82, 2.24) is 4.90 Å². The van der Waals surface area contributed by atoms with Crippen LogP contribution in [0.1, 0.15) is 59.3 Å².